The van der Waals surface area contributed by atoms with E-state index in [1.807, 2.05) is 42.5 Å². The molecule has 106 valence electrons. The first-order valence-electron chi connectivity index (χ1n) is 6.36. The van der Waals surface area contributed by atoms with Crippen LogP contribution in [0.25, 0.3) is 0 Å². The molecule has 0 bridgehead atoms. The Morgan fingerprint density at radius 3 is 2.40 bits per heavy atom. The summed E-state index contributed by atoms with van der Waals surface area (Å²) in [6, 6.07) is 13.3. The Hall–Kier alpha value is -1.71. The number of ether oxygens (including phenoxy) is 2. The lowest BCUT2D eigenvalue weighted by Crippen LogP contribution is -2.13. The van der Waals surface area contributed by atoms with Gasteiger partial charge in [-0.3, -0.25) is 0 Å². The fourth-order valence-electron chi connectivity index (χ4n) is 2.15. The number of methoxy groups -OCH3 is 2. The summed E-state index contributed by atoms with van der Waals surface area (Å²) >= 11 is 6.17. The van der Waals surface area contributed by atoms with E-state index >= 15 is 0 Å². The molecule has 0 saturated heterocycles. The minimum absolute atomic E-state index is 0.151. The molecule has 0 spiro atoms. The first kappa shape index (κ1) is 14.7. The highest BCUT2D eigenvalue weighted by Gasteiger charge is 2.12. The topological polar surface area (TPSA) is 44.5 Å². The van der Waals surface area contributed by atoms with Gasteiger partial charge in [0.2, 0.25) is 0 Å². The molecule has 0 amide bonds. The minimum Gasteiger partial charge on any atom is -0.493 e. The van der Waals surface area contributed by atoms with Gasteiger partial charge in [0.15, 0.2) is 11.5 Å². The molecule has 0 heterocycles. The van der Waals surface area contributed by atoms with Crippen molar-refractivity contribution in [1.82, 2.24) is 0 Å². The molecule has 0 aromatic heterocycles. The Bertz CT molecular complexity index is 586. The average Bonchev–Trinajstić information content (AvgIpc) is 2.47. The SMILES string of the molecule is COc1ccc(CC(N)c2ccccc2Cl)cc1OC. The van der Waals surface area contributed by atoms with Gasteiger partial charge in [-0.15, -0.1) is 0 Å². The summed E-state index contributed by atoms with van der Waals surface area (Å²) in [5, 5.41) is 0.695. The van der Waals surface area contributed by atoms with Gasteiger partial charge in [0.1, 0.15) is 0 Å². The molecule has 4 heteroatoms. The maximum Gasteiger partial charge on any atom is 0.160 e. The third-order valence-electron chi connectivity index (χ3n) is 3.21. The van der Waals surface area contributed by atoms with Gasteiger partial charge in [0.25, 0.3) is 0 Å². The maximum absolute atomic E-state index is 6.23. The monoisotopic (exact) mass is 291 g/mol. The van der Waals surface area contributed by atoms with Crippen LogP contribution in [0.15, 0.2) is 42.5 Å². The normalized spacial score (nSPS) is 12.0. The number of hydrogen-bond donors (Lipinski definition) is 1. The maximum atomic E-state index is 6.23. The molecule has 20 heavy (non-hydrogen) atoms. The summed E-state index contributed by atoms with van der Waals surface area (Å²) in [5.41, 5.74) is 8.26. The third kappa shape index (κ3) is 3.24. The lowest BCUT2D eigenvalue weighted by Gasteiger charge is -2.15. The summed E-state index contributed by atoms with van der Waals surface area (Å²) in [7, 11) is 3.24. The lowest BCUT2D eigenvalue weighted by atomic mass is 9.99. The van der Waals surface area contributed by atoms with E-state index in [-0.39, 0.29) is 6.04 Å². The third-order valence-corrected chi connectivity index (χ3v) is 3.55. The molecule has 0 saturated carbocycles. The van der Waals surface area contributed by atoms with Gasteiger partial charge in [-0.2, -0.15) is 0 Å². The molecule has 2 aromatic rings. The van der Waals surface area contributed by atoms with Crippen LogP contribution in [-0.2, 0) is 6.42 Å². The molecular weight excluding hydrogens is 274 g/mol. The van der Waals surface area contributed by atoms with Crippen molar-refractivity contribution in [2.45, 2.75) is 12.5 Å². The Morgan fingerprint density at radius 1 is 1.05 bits per heavy atom. The Labute approximate surface area is 124 Å². The zero-order valence-corrected chi connectivity index (χ0v) is 12.4. The second-order valence-corrected chi connectivity index (χ2v) is 4.93. The molecule has 2 N–H and O–H groups in total. The first-order chi connectivity index (χ1) is 9.65. The zero-order valence-electron chi connectivity index (χ0n) is 11.6. The fraction of sp³-hybridized carbons (Fsp3) is 0.250. The summed E-state index contributed by atoms with van der Waals surface area (Å²) in [5.74, 6) is 1.42. The van der Waals surface area contributed by atoms with Crippen LogP contribution in [0.5, 0.6) is 11.5 Å². The lowest BCUT2D eigenvalue weighted by molar-refractivity contribution is 0.354. The van der Waals surface area contributed by atoms with Gasteiger partial charge in [-0.1, -0.05) is 35.9 Å². The molecule has 1 unspecified atom stereocenters. The molecule has 0 aliphatic rings. The van der Waals surface area contributed by atoms with Crippen LogP contribution in [0, 0.1) is 0 Å². The smallest absolute Gasteiger partial charge is 0.160 e. The highest BCUT2D eigenvalue weighted by atomic mass is 35.5. The average molecular weight is 292 g/mol. The van der Waals surface area contributed by atoms with Gasteiger partial charge < -0.3 is 15.2 Å². The van der Waals surface area contributed by atoms with Crippen LogP contribution < -0.4 is 15.2 Å². The number of hydrogen-bond acceptors (Lipinski definition) is 3. The van der Waals surface area contributed by atoms with Crippen molar-refractivity contribution in [3.63, 3.8) is 0 Å². The molecule has 1 atom stereocenters. The summed E-state index contributed by atoms with van der Waals surface area (Å²) in [6.45, 7) is 0. The van der Waals surface area contributed by atoms with Crippen molar-refractivity contribution in [3.8, 4) is 11.5 Å². The van der Waals surface area contributed by atoms with Crippen LogP contribution in [0.4, 0.5) is 0 Å². The Balaban J connectivity index is 2.20. The standard InChI is InChI=1S/C16H18ClNO2/c1-19-15-8-7-11(10-16(15)20-2)9-14(18)12-5-3-4-6-13(12)17/h3-8,10,14H,9,18H2,1-2H3. The molecule has 0 aliphatic carbocycles. The quantitative estimate of drug-likeness (QED) is 0.915. The second-order valence-electron chi connectivity index (χ2n) is 4.52. The van der Waals surface area contributed by atoms with Gasteiger partial charge >= 0.3 is 0 Å². The first-order valence-corrected chi connectivity index (χ1v) is 6.74. The number of benzene rings is 2. The minimum atomic E-state index is -0.151. The molecule has 3 nitrogen and oxygen atoms in total. The van der Waals surface area contributed by atoms with Gasteiger partial charge in [0.05, 0.1) is 14.2 Å². The highest BCUT2D eigenvalue weighted by molar-refractivity contribution is 6.31. The number of halogens is 1. The number of nitrogens with two attached hydrogens (primary N) is 1. The molecule has 0 fully saturated rings. The van der Waals surface area contributed by atoms with Crippen LogP contribution >= 0.6 is 11.6 Å². The van der Waals surface area contributed by atoms with Crippen molar-refractivity contribution < 1.29 is 9.47 Å². The molecule has 0 radical (unpaired) electrons. The number of rotatable bonds is 5. The molecule has 0 aliphatic heterocycles. The van der Waals surface area contributed by atoms with E-state index < -0.39 is 0 Å². The van der Waals surface area contributed by atoms with Crippen LogP contribution in [-0.4, -0.2) is 14.2 Å². The molecular formula is C16H18ClNO2. The molecule has 2 rings (SSSR count). The summed E-state index contributed by atoms with van der Waals surface area (Å²) < 4.78 is 10.5. The van der Waals surface area contributed by atoms with Crippen molar-refractivity contribution in [2.24, 2.45) is 5.73 Å². The largest absolute Gasteiger partial charge is 0.493 e. The van der Waals surface area contributed by atoms with Gasteiger partial charge in [-0.05, 0) is 35.7 Å². The van der Waals surface area contributed by atoms with E-state index in [4.69, 9.17) is 26.8 Å². The zero-order chi connectivity index (χ0) is 14.5. The van der Waals surface area contributed by atoms with Crippen LogP contribution in [0.2, 0.25) is 5.02 Å². The summed E-state index contributed by atoms with van der Waals surface area (Å²) in [4.78, 5) is 0. The molecule has 2 aromatic carbocycles. The van der Waals surface area contributed by atoms with Gasteiger partial charge in [0, 0.05) is 11.1 Å². The van der Waals surface area contributed by atoms with E-state index in [9.17, 15) is 0 Å². The Kier molecular flexibility index (Phi) is 4.88. The fourth-order valence-corrected chi connectivity index (χ4v) is 2.42. The van der Waals surface area contributed by atoms with Crippen molar-refractivity contribution in [2.75, 3.05) is 14.2 Å². The van der Waals surface area contributed by atoms with E-state index in [0.717, 1.165) is 11.1 Å². The van der Waals surface area contributed by atoms with E-state index in [2.05, 4.69) is 0 Å². The van der Waals surface area contributed by atoms with E-state index in [1.165, 1.54) is 0 Å². The van der Waals surface area contributed by atoms with Crippen LogP contribution in [0.3, 0.4) is 0 Å². The van der Waals surface area contributed by atoms with Crippen molar-refractivity contribution in [3.05, 3.63) is 58.6 Å². The van der Waals surface area contributed by atoms with E-state index in [1.54, 1.807) is 14.2 Å². The van der Waals surface area contributed by atoms with Gasteiger partial charge in [-0.25, -0.2) is 0 Å². The van der Waals surface area contributed by atoms with E-state index in [0.29, 0.717) is 22.9 Å². The summed E-state index contributed by atoms with van der Waals surface area (Å²) in [6.07, 6.45) is 0.685. The van der Waals surface area contributed by atoms with Crippen molar-refractivity contribution >= 4 is 11.6 Å². The predicted octanol–water partition coefficient (Wildman–Crippen LogP) is 3.60. The predicted molar refractivity (Wildman–Crippen MR) is 81.6 cm³/mol. The second kappa shape index (κ2) is 6.64. The van der Waals surface area contributed by atoms with Crippen molar-refractivity contribution in [1.29, 1.82) is 0 Å². The van der Waals surface area contributed by atoms with Crippen LogP contribution in [0.1, 0.15) is 17.2 Å². The highest BCUT2D eigenvalue weighted by Crippen LogP contribution is 2.30. The Morgan fingerprint density at radius 2 is 1.75 bits per heavy atom.